The van der Waals surface area contributed by atoms with Gasteiger partial charge >= 0.3 is 0 Å². The van der Waals surface area contributed by atoms with Crippen LogP contribution in [0.25, 0.3) is 0 Å². The van der Waals surface area contributed by atoms with Crippen LogP contribution in [0.5, 0.6) is 0 Å². The van der Waals surface area contributed by atoms with Gasteiger partial charge in [-0.25, -0.2) is 0 Å². The number of amides is 1. The Morgan fingerprint density at radius 3 is 2.60 bits per heavy atom. The summed E-state index contributed by atoms with van der Waals surface area (Å²) in [6.45, 7) is 12.0. The van der Waals surface area contributed by atoms with Crippen LogP contribution < -0.4 is 5.32 Å². The van der Waals surface area contributed by atoms with Gasteiger partial charge in [-0.2, -0.15) is 0 Å². The quantitative estimate of drug-likeness (QED) is 0.837. The lowest BCUT2D eigenvalue weighted by molar-refractivity contribution is -0.133. The Morgan fingerprint density at radius 2 is 2.10 bits per heavy atom. The lowest BCUT2D eigenvalue weighted by Crippen LogP contribution is -2.44. The zero-order chi connectivity index (χ0) is 14.9. The monoisotopic (exact) mass is 280 g/mol. The summed E-state index contributed by atoms with van der Waals surface area (Å²) in [7, 11) is 0. The van der Waals surface area contributed by atoms with Gasteiger partial charge in [-0.1, -0.05) is 40.5 Å². The number of hydrogen-bond donors (Lipinski definition) is 1. The molecule has 1 N–H and O–H groups in total. The van der Waals surface area contributed by atoms with Crippen molar-refractivity contribution in [2.24, 2.45) is 17.8 Å². The molecule has 2 aliphatic rings. The summed E-state index contributed by atoms with van der Waals surface area (Å²) >= 11 is 0. The molecule has 1 saturated heterocycles. The van der Waals surface area contributed by atoms with Crippen LogP contribution in [0.1, 0.15) is 66.7 Å². The molecule has 1 heterocycles. The molecular formula is C17H32N2O. The third-order valence-corrected chi connectivity index (χ3v) is 5.47. The highest BCUT2D eigenvalue weighted by atomic mass is 16.2. The van der Waals surface area contributed by atoms with Crippen molar-refractivity contribution in [3.05, 3.63) is 0 Å². The minimum Gasteiger partial charge on any atom is -0.325 e. The van der Waals surface area contributed by atoms with E-state index in [9.17, 15) is 4.79 Å². The van der Waals surface area contributed by atoms with Crippen molar-refractivity contribution in [2.75, 3.05) is 6.54 Å². The molecule has 0 aromatic carbocycles. The SMILES string of the molecule is CCC1(C)NC(CC(C)C)N(CC2CCCC2C)C1=O. The van der Waals surface area contributed by atoms with Gasteiger partial charge in [0.2, 0.25) is 5.91 Å². The molecule has 20 heavy (non-hydrogen) atoms. The number of carbonyl (C=O) groups is 1. The largest absolute Gasteiger partial charge is 0.325 e. The fourth-order valence-corrected chi connectivity index (χ4v) is 3.81. The third-order valence-electron chi connectivity index (χ3n) is 5.47. The van der Waals surface area contributed by atoms with Crippen molar-refractivity contribution in [2.45, 2.75) is 78.4 Å². The first-order chi connectivity index (χ1) is 9.37. The van der Waals surface area contributed by atoms with Crippen LogP contribution in [0.3, 0.4) is 0 Å². The Labute approximate surface area is 124 Å². The molecule has 3 nitrogen and oxygen atoms in total. The van der Waals surface area contributed by atoms with Crippen molar-refractivity contribution in [1.82, 2.24) is 10.2 Å². The van der Waals surface area contributed by atoms with Crippen LogP contribution in [-0.2, 0) is 4.79 Å². The first kappa shape index (κ1) is 15.8. The Kier molecular flexibility index (Phi) is 4.78. The minimum atomic E-state index is -0.346. The molecule has 0 aromatic heterocycles. The summed E-state index contributed by atoms with van der Waals surface area (Å²) < 4.78 is 0. The van der Waals surface area contributed by atoms with E-state index in [0.717, 1.165) is 25.3 Å². The van der Waals surface area contributed by atoms with Gasteiger partial charge in [-0.15, -0.1) is 0 Å². The minimum absolute atomic E-state index is 0.236. The van der Waals surface area contributed by atoms with Crippen LogP contribution in [-0.4, -0.2) is 29.1 Å². The summed E-state index contributed by atoms with van der Waals surface area (Å²) in [6.07, 6.45) is 6.13. The zero-order valence-corrected chi connectivity index (χ0v) is 13.9. The molecule has 2 fully saturated rings. The van der Waals surface area contributed by atoms with Crippen LogP contribution in [0, 0.1) is 17.8 Å². The maximum absolute atomic E-state index is 12.8. The Balaban J connectivity index is 2.11. The van der Waals surface area contributed by atoms with E-state index in [0.29, 0.717) is 17.7 Å². The average Bonchev–Trinajstić information content (AvgIpc) is 2.87. The van der Waals surface area contributed by atoms with E-state index in [1.807, 2.05) is 0 Å². The van der Waals surface area contributed by atoms with Crippen molar-refractivity contribution < 1.29 is 4.79 Å². The molecule has 1 aliphatic carbocycles. The van der Waals surface area contributed by atoms with E-state index in [2.05, 4.69) is 44.8 Å². The summed E-state index contributed by atoms with van der Waals surface area (Å²) in [4.78, 5) is 15.0. The van der Waals surface area contributed by atoms with Crippen LogP contribution in [0.15, 0.2) is 0 Å². The van der Waals surface area contributed by atoms with Gasteiger partial charge in [0.25, 0.3) is 0 Å². The smallest absolute Gasteiger partial charge is 0.243 e. The van der Waals surface area contributed by atoms with Crippen molar-refractivity contribution >= 4 is 5.91 Å². The number of nitrogens with one attached hydrogen (secondary N) is 1. The first-order valence-corrected chi connectivity index (χ1v) is 8.46. The van der Waals surface area contributed by atoms with Crippen molar-refractivity contribution in [1.29, 1.82) is 0 Å². The van der Waals surface area contributed by atoms with Crippen LogP contribution >= 0.6 is 0 Å². The molecule has 3 heteroatoms. The van der Waals surface area contributed by atoms with E-state index in [4.69, 9.17) is 0 Å². The van der Waals surface area contributed by atoms with Gasteiger partial charge in [0.05, 0.1) is 11.7 Å². The molecule has 0 bridgehead atoms. The molecular weight excluding hydrogens is 248 g/mol. The number of carbonyl (C=O) groups excluding carboxylic acids is 1. The number of nitrogens with zero attached hydrogens (tertiary/aromatic N) is 1. The van der Waals surface area contributed by atoms with Gasteiger partial charge in [0.15, 0.2) is 0 Å². The standard InChI is InChI=1S/C17H32N2O/c1-6-17(5)16(20)19(15(18-17)10-12(2)3)11-14-9-7-8-13(14)4/h12-15,18H,6-11H2,1-5H3. The van der Waals surface area contributed by atoms with E-state index in [1.54, 1.807) is 0 Å². The van der Waals surface area contributed by atoms with Gasteiger partial charge in [-0.3, -0.25) is 10.1 Å². The fourth-order valence-electron chi connectivity index (χ4n) is 3.81. The molecule has 1 amide bonds. The molecule has 0 aromatic rings. The average molecular weight is 280 g/mol. The second-order valence-corrected chi connectivity index (χ2v) is 7.60. The molecule has 0 radical (unpaired) electrons. The van der Waals surface area contributed by atoms with Gasteiger partial charge in [0.1, 0.15) is 0 Å². The lowest BCUT2D eigenvalue weighted by Gasteiger charge is -2.29. The number of hydrogen-bond acceptors (Lipinski definition) is 2. The molecule has 1 saturated carbocycles. The van der Waals surface area contributed by atoms with Crippen LogP contribution in [0.2, 0.25) is 0 Å². The summed E-state index contributed by atoms with van der Waals surface area (Å²) in [5.74, 6) is 2.42. The highest BCUT2D eigenvalue weighted by Crippen LogP contribution is 2.35. The Morgan fingerprint density at radius 1 is 1.40 bits per heavy atom. The van der Waals surface area contributed by atoms with E-state index in [1.165, 1.54) is 19.3 Å². The predicted octanol–water partition coefficient (Wildman–Crippen LogP) is 3.40. The topological polar surface area (TPSA) is 32.3 Å². The molecule has 2 rings (SSSR count). The molecule has 1 aliphatic heterocycles. The zero-order valence-electron chi connectivity index (χ0n) is 13.9. The van der Waals surface area contributed by atoms with Gasteiger partial charge in [-0.05, 0) is 43.9 Å². The van der Waals surface area contributed by atoms with E-state index >= 15 is 0 Å². The Hall–Kier alpha value is -0.570. The highest BCUT2D eigenvalue weighted by Gasteiger charge is 2.47. The third kappa shape index (κ3) is 3.03. The fraction of sp³-hybridized carbons (Fsp3) is 0.941. The normalized spacial score (nSPS) is 38.2. The lowest BCUT2D eigenvalue weighted by atomic mass is 9.96. The number of rotatable bonds is 5. The molecule has 116 valence electrons. The summed E-state index contributed by atoms with van der Waals surface area (Å²) in [5, 5.41) is 3.61. The van der Waals surface area contributed by atoms with E-state index in [-0.39, 0.29) is 11.7 Å². The second kappa shape index (κ2) is 6.05. The van der Waals surface area contributed by atoms with Crippen LogP contribution in [0.4, 0.5) is 0 Å². The first-order valence-electron chi connectivity index (χ1n) is 8.46. The van der Waals surface area contributed by atoms with Crippen molar-refractivity contribution in [3.63, 3.8) is 0 Å². The summed E-state index contributed by atoms with van der Waals surface area (Å²) in [6, 6.07) is 0. The molecule has 4 atom stereocenters. The van der Waals surface area contributed by atoms with E-state index < -0.39 is 0 Å². The maximum Gasteiger partial charge on any atom is 0.243 e. The van der Waals surface area contributed by atoms with Gasteiger partial charge in [0, 0.05) is 6.54 Å². The highest BCUT2D eigenvalue weighted by molar-refractivity contribution is 5.88. The maximum atomic E-state index is 12.8. The summed E-state index contributed by atoms with van der Waals surface area (Å²) in [5.41, 5.74) is -0.346. The Bertz CT molecular complexity index is 355. The van der Waals surface area contributed by atoms with Gasteiger partial charge < -0.3 is 4.90 Å². The van der Waals surface area contributed by atoms with Crippen molar-refractivity contribution in [3.8, 4) is 0 Å². The molecule has 0 spiro atoms. The molecule has 4 unspecified atom stereocenters. The predicted molar refractivity (Wildman–Crippen MR) is 83.3 cm³/mol. The second-order valence-electron chi connectivity index (χ2n) is 7.60.